The van der Waals surface area contributed by atoms with Gasteiger partial charge in [0.05, 0.1) is 28.8 Å². The van der Waals surface area contributed by atoms with Crippen LogP contribution in [0.15, 0.2) is 67.0 Å². The zero-order valence-electron chi connectivity index (χ0n) is 21.0. The fourth-order valence-corrected chi connectivity index (χ4v) is 6.23. The van der Waals surface area contributed by atoms with Crippen molar-refractivity contribution >= 4 is 44.9 Å². The lowest BCUT2D eigenvalue weighted by molar-refractivity contribution is -0.120. The molecule has 1 aromatic carbocycles. The van der Waals surface area contributed by atoms with Gasteiger partial charge in [0.1, 0.15) is 11.2 Å². The molecule has 0 aliphatic heterocycles. The molecule has 1 aliphatic rings. The van der Waals surface area contributed by atoms with E-state index in [0.29, 0.717) is 11.4 Å². The molecule has 1 fully saturated rings. The minimum atomic E-state index is -0.208. The van der Waals surface area contributed by atoms with Crippen LogP contribution < -0.4 is 5.32 Å². The molecule has 5 aromatic heterocycles. The summed E-state index contributed by atoms with van der Waals surface area (Å²) < 4.78 is 13.7. The van der Waals surface area contributed by atoms with Gasteiger partial charge in [0.15, 0.2) is 5.13 Å². The van der Waals surface area contributed by atoms with Gasteiger partial charge in [0.25, 0.3) is 0 Å². The number of nitrogens with one attached hydrogen (secondary N) is 3. The number of aromatic nitrogens is 5. The number of benzene rings is 1. The van der Waals surface area contributed by atoms with Gasteiger partial charge in [-0.2, -0.15) is 9.49 Å². The SMILES string of the molecule is O=C(Nc1cncc(-c2ccc3[nH]nc(-c4cc5c(-c6ccc(F)s6)cccc5[nH]4)c3n2)c1)C1CCCCC1. The third-order valence-electron chi connectivity index (χ3n) is 7.44. The van der Waals surface area contributed by atoms with E-state index < -0.39 is 0 Å². The van der Waals surface area contributed by atoms with Crippen molar-refractivity contribution in [1.29, 1.82) is 0 Å². The second-order valence-electron chi connectivity index (χ2n) is 10.0. The van der Waals surface area contributed by atoms with Gasteiger partial charge in [-0.25, -0.2) is 4.98 Å². The highest BCUT2D eigenvalue weighted by molar-refractivity contribution is 7.14. The van der Waals surface area contributed by atoms with E-state index in [1.807, 2.05) is 42.5 Å². The number of pyridine rings is 2. The fraction of sp³-hybridized carbons (Fsp3) is 0.200. The standard InChI is InChI=1S/C30H25FN6OS/c31-27-12-11-26(39-27)20-7-4-8-23-21(20)14-25(34-23)29-28-24(36-37-29)10-9-22(35-28)18-13-19(16-32-15-18)33-30(38)17-5-2-1-3-6-17/h4,7-17,34H,1-3,5-6H2,(H,33,38)(H,36,37). The first-order valence-corrected chi connectivity index (χ1v) is 13.9. The first-order chi connectivity index (χ1) is 19.1. The molecule has 1 amide bonds. The number of hydrogen-bond donors (Lipinski definition) is 3. The molecule has 9 heteroatoms. The summed E-state index contributed by atoms with van der Waals surface area (Å²) in [7, 11) is 0. The Balaban J connectivity index is 1.22. The first-order valence-electron chi connectivity index (χ1n) is 13.1. The number of carbonyl (C=O) groups is 1. The third kappa shape index (κ3) is 4.48. The number of nitrogens with zero attached hydrogens (tertiary/aromatic N) is 3. The van der Waals surface area contributed by atoms with E-state index in [1.165, 1.54) is 12.5 Å². The van der Waals surface area contributed by atoms with E-state index in [0.717, 1.165) is 86.3 Å². The summed E-state index contributed by atoms with van der Waals surface area (Å²) in [6, 6.07) is 17.1. The van der Waals surface area contributed by atoms with Crippen LogP contribution in [0.1, 0.15) is 32.1 Å². The molecule has 39 heavy (non-hydrogen) atoms. The van der Waals surface area contributed by atoms with Gasteiger partial charge in [-0.3, -0.25) is 14.9 Å². The first kappa shape index (κ1) is 23.7. The molecule has 0 bridgehead atoms. The van der Waals surface area contributed by atoms with Gasteiger partial charge in [-0.1, -0.05) is 31.4 Å². The molecule has 0 unspecified atom stereocenters. The molecule has 0 radical (unpaired) electrons. The van der Waals surface area contributed by atoms with Crippen LogP contribution in [0.5, 0.6) is 0 Å². The van der Waals surface area contributed by atoms with Crippen LogP contribution in [0.25, 0.3) is 55.0 Å². The Labute approximate surface area is 227 Å². The van der Waals surface area contributed by atoms with Crippen LogP contribution in [0.2, 0.25) is 0 Å². The Kier molecular flexibility index (Phi) is 5.93. The van der Waals surface area contributed by atoms with Crippen molar-refractivity contribution in [2.75, 3.05) is 5.32 Å². The highest BCUT2D eigenvalue weighted by atomic mass is 32.1. The maximum Gasteiger partial charge on any atom is 0.227 e. The van der Waals surface area contributed by atoms with Crippen LogP contribution in [-0.2, 0) is 4.79 Å². The Hall–Kier alpha value is -4.37. The second kappa shape index (κ2) is 9.74. The zero-order chi connectivity index (χ0) is 26.3. The number of hydrogen-bond acceptors (Lipinski definition) is 5. The molecule has 5 heterocycles. The van der Waals surface area contributed by atoms with Gasteiger partial charge >= 0.3 is 0 Å². The number of aromatic amines is 2. The number of halogens is 1. The molecule has 7 nitrogen and oxygen atoms in total. The number of H-pyrrole nitrogens is 2. The number of carbonyl (C=O) groups excluding carboxylic acids is 1. The van der Waals surface area contributed by atoms with Crippen molar-refractivity contribution in [2.24, 2.45) is 5.92 Å². The van der Waals surface area contributed by atoms with Gasteiger partial charge in [-0.05, 0) is 55.3 Å². The van der Waals surface area contributed by atoms with Crippen molar-refractivity contribution in [3.63, 3.8) is 0 Å². The van der Waals surface area contributed by atoms with Gasteiger partial charge in [-0.15, -0.1) is 11.3 Å². The predicted octanol–water partition coefficient (Wildman–Crippen LogP) is 7.55. The minimum absolute atomic E-state index is 0.0673. The molecular weight excluding hydrogens is 511 g/mol. The molecule has 6 aromatic rings. The van der Waals surface area contributed by atoms with Gasteiger partial charge in [0.2, 0.25) is 5.91 Å². The van der Waals surface area contributed by atoms with Gasteiger partial charge < -0.3 is 10.3 Å². The second-order valence-corrected chi connectivity index (χ2v) is 11.0. The molecule has 3 N–H and O–H groups in total. The Bertz CT molecular complexity index is 1830. The molecule has 7 rings (SSSR count). The van der Waals surface area contributed by atoms with Crippen molar-refractivity contribution in [3.8, 4) is 33.1 Å². The van der Waals surface area contributed by atoms with Gasteiger partial charge in [0, 0.05) is 39.0 Å². The normalized spacial score (nSPS) is 14.3. The van der Waals surface area contributed by atoms with E-state index >= 15 is 0 Å². The number of rotatable bonds is 5. The average Bonchev–Trinajstić information content (AvgIpc) is 3.71. The maximum absolute atomic E-state index is 13.7. The average molecular weight is 537 g/mol. The van der Waals surface area contributed by atoms with E-state index in [2.05, 4.69) is 25.5 Å². The third-order valence-corrected chi connectivity index (χ3v) is 8.35. The Morgan fingerprint density at radius 3 is 2.74 bits per heavy atom. The van der Waals surface area contributed by atoms with Crippen molar-refractivity contribution in [1.82, 2.24) is 25.1 Å². The van der Waals surface area contributed by atoms with E-state index in [9.17, 15) is 9.18 Å². The maximum atomic E-state index is 13.7. The number of fused-ring (bicyclic) bond motifs is 2. The molecule has 0 spiro atoms. The van der Waals surface area contributed by atoms with Crippen LogP contribution in [0.3, 0.4) is 0 Å². The summed E-state index contributed by atoms with van der Waals surface area (Å²) >= 11 is 1.13. The molecule has 1 saturated carbocycles. The molecule has 1 aliphatic carbocycles. The monoisotopic (exact) mass is 536 g/mol. The Morgan fingerprint density at radius 2 is 1.90 bits per heavy atom. The summed E-state index contributed by atoms with van der Waals surface area (Å²) in [5.74, 6) is 0.138. The summed E-state index contributed by atoms with van der Waals surface area (Å²) in [5.41, 5.74) is 7.16. The molecular formula is C30H25FN6OS. The van der Waals surface area contributed by atoms with E-state index in [-0.39, 0.29) is 17.0 Å². The lowest BCUT2D eigenvalue weighted by Crippen LogP contribution is -2.24. The highest BCUT2D eigenvalue weighted by Gasteiger charge is 2.21. The highest BCUT2D eigenvalue weighted by Crippen LogP contribution is 2.36. The lowest BCUT2D eigenvalue weighted by atomic mass is 9.88. The summed E-state index contributed by atoms with van der Waals surface area (Å²) in [5, 5.41) is 11.5. The van der Waals surface area contributed by atoms with Crippen LogP contribution in [-0.4, -0.2) is 31.1 Å². The van der Waals surface area contributed by atoms with E-state index in [4.69, 9.17) is 4.98 Å². The van der Waals surface area contributed by atoms with E-state index in [1.54, 1.807) is 18.5 Å². The Morgan fingerprint density at radius 1 is 1.00 bits per heavy atom. The number of amides is 1. The largest absolute Gasteiger partial charge is 0.353 e. The van der Waals surface area contributed by atoms with Crippen LogP contribution in [0.4, 0.5) is 10.1 Å². The minimum Gasteiger partial charge on any atom is -0.353 e. The predicted molar refractivity (Wildman–Crippen MR) is 153 cm³/mol. The molecule has 0 saturated heterocycles. The number of anilines is 1. The lowest BCUT2D eigenvalue weighted by Gasteiger charge is -2.20. The smallest absolute Gasteiger partial charge is 0.227 e. The molecule has 194 valence electrons. The van der Waals surface area contributed by atoms with Crippen molar-refractivity contribution < 1.29 is 9.18 Å². The topological polar surface area (TPSA) is 99.4 Å². The van der Waals surface area contributed by atoms with Crippen molar-refractivity contribution in [3.05, 3.63) is 72.1 Å². The van der Waals surface area contributed by atoms with Crippen LogP contribution >= 0.6 is 11.3 Å². The summed E-state index contributed by atoms with van der Waals surface area (Å²) in [6.45, 7) is 0. The van der Waals surface area contributed by atoms with Crippen LogP contribution in [0, 0.1) is 11.0 Å². The fourth-order valence-electron chi connectivity index (χ4n) is 5.46. The zero-order valence-corrected chi connectivity index (χ0v) is 21.8. The summed E-state index contributed by atoms with van der Waals surface area (Å²) in [6.07, 6.45) is 8.74. The molecule has 0 atom stereocenters. The number of thiophene rings is 1. The summed E-state index contributed by atoms with van der Waals surface area (Å²) in [4.78, 5) is 26.4. The quantitative estimate of drug-likeness (QED) is 0.212. The van der Waals surface area contributed by atoms with Crippen molar-refractivity contribution in [2.45, 2.75) is 32.1 Å².